The lowest BCUT2D eigenvalue weighted by Gasteiger charge is -2.34. The van der Waals surface area contributed by atoms with Crippen LogP contribution in [0.4, 0.5) is 10.1 Å². The first kappa shape index (κ1) is 24.2. The topological polar surface area (TPSA) is 108 Å². The van der Waals surface area contributed by atoms with Gasteiger partial charge in [0.25, 0.3) is 0 Å². The first-order valence-electron chi connectivity index (χ1n) is 12.0. The number of nitrogens with zero attached hydrogens (tertiary/aromatic N) is 4. The monoisotopic (exact) mass is 495 g/mol. The second-order valence-electron chi connectivity index (χ2n) is 9.08. The number of aromatic hydroxyl groups is 1. The molecule has 5 rings (SSSR count). The minimum Gasteiger partial charge on any atom is -0.506 e. The van der Waals surface area contributed by atoms with Crippen molar-refractivity contribution in [3.63, 3.8) is 0 Å². The van der Waals surface area contributed by atoms with E-state index in [1.54, 1.807) is 24.4 Å². The SMILES string of the molecule is CO/N=C/c1cc(F)cc(-c2cnc3ccc(-c4cccc(C#N)c4O)cc3c2N2CCC(N)CC2)c1. The average molecular weight is 496 g/mol. The Morgan fingerprint density at radius 1 is 1.14 bits per heavy atom. The predicted octanol–water partition coefficient (Wildman–Crippen LogP) is 5.19. The van der Waals surface area contributed by atoms with Gasteiger partial charge in [0.2, 0.25) is 0 Å². The van der Waals surface area contributed by atoms with Crippen LogP contribution in [-0.2, 0) is 4.84 Å². The fourth-order valence-corrected chi connectivity index (χ4v) is 4.84. The van der Waals surface area contributed by atoms with Crippen molar-refractivity contribution in [2.75, 3.05) is 25.1 Å². The summed E-state index contributed by atoms with van der Waals surface area (Å²) in [6.45, 7) is 1.50. The Labute approximate surface area is 214 Å². The van der Waals surface area contributed by atoms with Crippen molar-refractivity contribution >= 4 is 22.8 Å². The van der Waals surface area contributed by atoms with Crippen molar-refractivity contribution in [3.05, 3.63) is 77.7 Å². The lowest BCUT2D eigenvalue weighted by Crippen LogP contribution is -2.40. The Hall–Kier alpha value is -4.48. The Balaban J connectivity index is 1.74. The lowest BCUT2D eigenvalue weighted by atomic mass is 9.95. The number of aromatic nitrogens is 1. The van der Waals surface area contributed by atoms with Crippen molar-refractivity contribution < 1.29 is 14.3 Å². The number of hydrogen-bond donors (Lipinski definition) is 2. The van der Waals surface area contributed by atoms with Crippen LogP contribution in [0.3, 0.4) is 0 Å². The van der Waals surface area contributed by atoms with Crippen molar-refractivity contribution in [1.82, 2.24) is 4.98 Å². The first-order chi connectivity index (χ1) is 18.0. The zero-order valence-corrected chi connectivity index (χ0v) is 20.4. The van der Waals surface area contributed by atoms with Gasteiger partial charge in [-0.3, -0.25) is 4.98 Å². The van der Waals surface area contributed by atoms with Crippen LogP contribution in [0.5, 0.6) is 5.75 Å². The third-order valence-corrected chi connectivity index (χ3v) is 6.70. The van der Waals surface area contributed by atoms with Crippen LogP contribution in [0.1, 0.15) is 24.0 Å². The highest BCUT2D eigenvalue weighted by Gasteiger charge is 2.23. The van der Waals surface area contributed by atoms with Crippen molar-refractivity contribution in [1.29, 1.82) is 5.26 Å². The quantitative estimate of drug-likeness (QED) is 0.291. The Morgan fingerprint density at radius 2 is 1.95 bits per heavy atom. The molecule has 0 bridgehead atoms. The van der Waals surface area contributed by atoms with E-state index in [1.807, 2.05) is 30.3 Å². The number of nitrogens with two attached hydrogens (primary N) is 1. The number of phenols is 1. The molecule has 4 aromatic rings. The molecule has 7 nitrogen and oxygen atoms in total. The number of pyridine rings is 1. The number of anilines is 1. The smallest absolute Gasteiger partial charge is 0.141 e. The van der Waals surface area contributed by atoms with E-state index in [9.17, 15) is 14.8 Å². The number of rotatable bonds is 5. The lowest BCUT2D eigenvalue weighted by molar-refractivity contribution is 0.215. The van der Waals surface area contributed by atoms with Crippen LogP contribution >= 0.6 is 0 Å². The van der Waals surface area contributed by atoms with Gasteiger partial charge in [0.1, 0.15) is 24.7 Å². The molecule has 1 saturated heterocycles. The maximum atomic E-state index is 14.7. The van der Waals surface area contributed by atoms with E-state index in [-0.39, 0.29) is 17.4 Å². The van der Waals surface area contributed by atoms with Crippen molar-refractivity contribution in [3.8, 4) is 34.1 Å². The standard InChI is InChI=1S/C29H26FN5O2/c1-37-34-16-18-11-21(13-22(30)12-18)26-17-33-27-6-5-19(24-4-2-3-20(15-31)29(24)36)14-25(27)28(26)35-9-7-23(32)8-10-35/h2-6,11-14,16-17,23,36H,7-10,32H2,1H3/b34-16+. The van der Waals surface area contributed by atoms with Gasteiger partial charge in [0.15, 0.2) is 0 Å². The molecular formula is C29H26FN5O2. The summed E-state index contributed by atoms with van der Waals surface area (Å²) in [6, 6.07) is 17.7. The van der Waals surface area contributed by atoms with Crippen molar-refractivity contribution in [2.45, 2.75) is 18.9 Å². The van der Waals surface area contributed by atoms with Crippen LogP contribution < -0.4 is 10.6 Å². The van der Waals surface area contributed by atoms with E-state index in [1.165, 1.54) is 25.5 Å². The molecule has 0 spiro atoms. The summed E-state index contributed by atoms with van der Waals surface area (Å²) in [4.78, 5) is 11.7. The molecule has 1 fully saturated rings. The van der Waals surface area contributed by atoms with Crippen molar-refractivity contribution in [2.24, 2.45) is 10.9 Å². The summed E-state index contributed by atoms with van der Waals surface area (Å²) < 4.78 is 14.7. The molecule has 3 N–H and O–H groups in total. The van der Waals surface area contributed by atoms with Gasteiger partial charge in [-0.05, 0) is 65.9 Å². The molecule has 0 unspecified atom stereocenters. The van der Waals surface area contributed by atoms with Crippen LogP contribution in [0.25, 0.3) is 33.2 Å². The summed E-state index contributed by atoms with van der Waals surface area (Å²) in [7, 11) is 1.44. The van der Waals surface area contributed by atoms with Crippen LogP contribution in [0.2, 0.25) is 0 Å². The number of fused-ring (bicyclic) bond motifs is 1. The molecule has 2 heterocycles. The molecule has 0 amide bonds. The number of piperidine rings is 1. The molecule has 1 aliphatic rings. The van der Waals surface area contributed by atoms with Gasteiger partial charge in [-0.25, -0.2) is 4.39 Å². The zero-order valence-electron chi connectivity index (χ0n) is 20.4. The van der Waals surface area contributed by atoms with E-state index < -0.39 is 5.82 Å². The van der Waals surface area contributed by atoms with E-state index in [4.69, 9.17) is 15.6 Å². The summed E-state index contributed by atoms with van der Waals surface area (Å²) in [5, 5.41) is 24.7. The summed E-state index contributed by atoms with van der Waals surface area (Å²) in [5.41, 5.74) is 11.4. The van der Waals surface area contributed by atoms with Gasteiger partial charge in [0.05, 0.1) is 23.0 Å². The number of phenolic OH excluding ortho intramolecular Hbond substituents is 1. The Morgan fingerprint density at radius 3 is 2.70 bits per heavy atom. The van der Waals surface area contributed by atoms with Crippen LogP contribution in [-0.4, -0.2) is 42.5 Å². The second-order valence-corrected chi connectivity index (χ2v) is 9.08. The highest BCUT2D eigenvalue weighted by molar-refractivity contribution is 6.02. The molecule has 186 valence electrons. The predicted molar refractivity (Wildman–Crippen MR) is 143 cm³/mol. The Kier molecular flexibility index (Phi) is 6.71. The molecule has 1 aromatic heterocycles. The molecular weight excluding hydrogens is 469 g/mol. The van der Waals surface area contributed by atoms with Gasteiger partial charge < -0.3 is 20.6 Å². The summed E-state index contributed by atoms with van der Waals surface area (Å²) >= 11 is 0. The normalized spacial score (nSPS) is 14.3. The maximum absolute atomic E-state index is 14.7. The number of para-hydroxylation sites is 1. The van der Waals surface area contributed by atoms with Gasteiger partial charge in [-0.2, -0.15) is 5.26 Å². The minimum absolute atomic E-state index is 0.0637. The Bertz CT molecular complexity index is 1540. The molecule has 37 heavy (non-hydrogen) atoms. The fraction of sp³-hybridized carbons (Fsp3) is 0.207. The number of hydrogen-bond acceptors (Lipinski definition) is 7. The largest absolute Gasteiger partial charge is 0.506 e. The summed E-state index contributed by atoms with van der Waals surface area (Å²) in [5.74, 6) is -0.458. The van der Waals surface area contributed by atoms with Crippen LogP contribution in [0.15, 0.2) is 65.9 Å². The second kappa shape index (κ2) is 10.2. The molecule has 0 atom stereocenters. The third kappa shape index (κ3) is 4.82. The van der Waals surface area contributed by atoms with Gasteiger partial charge in [0, 0.05) is 41.8 Å². The molecule has 3 aromatic carbocycles. The number of nitriles is 1. The van der Waals surface area contributed by atoms with E-state index in [2.05, 4.69) is 10.1 Å². The number of benzene rings is 3. The van der Waals surface area contributed by atoms with E-state index in [0.717, 1.165) is 53.6 Å². The molecule has 1 aliphatic heterocycles. The first-order valence-corrected chi connectivity index (χ1v) is 12.0. The third-order valence-electron chi connectivity index (χ3n) is 6.70. The van der Waals surface area contributed by atoms with Gasteiger partial charge >= 0.3 is 0 Å². The zero-order chi connectivity index (χ0) is 25.9. The fourth-order valence-electron chi connectivity index (χ4n) is 4.84. The van der Waals surface area contributed by atoms with Gasteiger partial charge in [-0.1, -0.05) is 23.4 Å². The summed E-state index contributed by atoms with van der Waals surface area (Å²) in [6.07, 6.45) is 4.90. The molecule has 8 heteroatoms. The van der Waals surface area contributed by atoms with E-state index >= 15 is 0 Å². The highest BCUT2D eigenvalue weighted by Crippen LogP contribution is 2.41. The van der Waals surface area contributed by atoms with Crippen LogP contribution in [0, 0.1) is 17.1 Å². The molecule has 0 radical (unpaired) electrons. The molecule has 0 saturated carbocycles. The number of halogens is 1. The highest BCUT2D eigenvalue weighted by atomic mass is 19.1. The maximum Gasteiger partial charge on any atom is 0.141 e. The van der Waals surface area contributed by atoms with Gasteiger partial charge in [-0.15, -0.1) is 0 Å². The minimum atomic E-state index is -0.395. The number of oxime groups is 1. The molecule has 0 aliphatic carbocycles. The van der Waals surface area contributed by atoms with E-state index in [0.29, 0.717) is 16.7 Å². The average Bonchev–Trinajstić information content (AvgIpc) is 2.91.